The third-order valence-corrected chi connectivity index (χ3v) is 13.3. The summed E-state index contributed by atoms with van der Waals surface area (Å²) in [5.74, 6) is -3.22. The summed E-state index contributed by atoms with van der Waals surface area (Å²) in [7, 11) is 6.13. The number of aliphatic hydroxyl groups is 1. The number of rotatable bonds is 27. The smallest absolute Gasteiger partial charge is 0.410 e. The molecule has 396 valence electrons. The van der Waals surface area contributed by atoms with E-state index in [1.54, 1.807) is 80.9 Å². The number of anilines is 1. The zero-order valence-corrected chi connectivity index (χ0v) is 43.9. The molecule has 19 heteroatoms. The van der Waals surface area contributed by atoms with Crippen LogP contribution >= 0.6 is 0 Å². The Kier molecular flexibility index (Phi) is 24.2. The molecule has 3 rings (SSSR count). The van der Waals surface area contributed by atoms with Gasteiger partial charge < -0.3 is 56.1 Å². The lowest BCUT2D eigenvalue weighted by atomic mass is 9.91. The second-order valence-corrected chi connectivity index (χ2v) is 19.7. The van der Waals surface area contributed by atoms with Gasteiger partial charge in [0.2, 0.25) is 29.5 Å². The van der Waals surface area contributed by atoms with Gasteiger partial charge in [0.1, 0.15) is 18.7 Å². The lowest BCUT2D eigenvalue weighted by Gasteiger charge is -2.40. The number of ether oxygens (including phenoxy) is 3. The number of likely N-dealkylation sites (tertiary alicyclic amines) is 1. The minimum absolute atomic E-state index is 0.0629. The van der Waals surface area contributed by atoms with E-state index in [1.807, 2.05) is 45.9 Å². The topological polar surface area (TPSA) is 251 Å². The third kappa shape index (κ3) is 17.5. The Morgan fingerprint density at radius 2 is 1.45 bits per heavy atom. The molecule has 0 bridgehead atoms. The Morgan fingerprint density at radius 3 is 2.01 bits per heavy atom. The molecule has 2 aromatic carbocycles. The van der Waals surface area contributed by atoms with Gasteiger partial charge in [-0.15, -0.1) is 0 Å². The van der Waals surface area contributed by atoms with Crippen LogP contribution in [0.4, 0.5) is 15.3 Å². The van der Waals surface area contributed by atoms with Crippen molar-refractivity contribution in [3.05, 3.63) is 65.7 Å². The maximum Gasteiger partial charge on any atom is 0.410 e. The number of nitrogens with one attached hydrogen (secondary N) is 4. The highest BCUT2D eigenvalue weighted by atomic mass is 16.6. The highest BCUT2D eigenvalue weighted by molar-refractivity contribution is 5.92. The van der Waals surface area contributed by atoms with Crippen molar-refractivity contribution < 1.29 is 52.9 Å². The number of benzene rings is 2. The van der Waals surface area contributed by atoms with Crippen LogP contribution in [0, 0.1) is 23.7 Å². The normalized spacial score (nSPS) is 17.0. The summed E-state index contributed by atoms with van der Waals surface area (Å²) in [5, 5.41) is 22.0. The molecule has 0 saturated carbocycles. The molecule has 9 atom stereocenters. The van der Waals surface area contributed by atoms with Gasteiger partial charge in [-0.1, -0.05) is 90.9 Å². The van der Waals surface area contributed by atoms with Crippen LogP contribution in [0.2, 0.25) is 0 Å². The summed E-state index contributed by atoms with van der Waals surface area (Å²) in [6.45, 7) is 15.3. The Bertz CT molecular complexity index is 2040. The number of unbranched alkanes of at least 4 members (excludes halogenated alkanes) is 1. The predicted molar refractivity (Wildman–Crippen MR) is 270 cm³/mol. The van der Waals surface area contributed by atoms with Crippen LogP contribution < -0.4 is 27.0 Å². The molecule has 71 heavy (non-hydrogen) atoms. The fraction of sp³-hybridized carbons (Fsp3) is 0.635. The van der Waals surface area contributed by atoms with Crippen molar-refractivity contribution in [2.75, 3.05) is 46.7 Å². The van der Waals surface area contributed by atoms with Gasteiger partial charge in [-0.3, -0.25) is 28.9 Å². The van der Waals surface area contributed by atoms with Gasteiger partial charge in [0.15, 0.2) is 0 Å². The van der Waals surface area contributed by atoms with E-state index in [0.29, 0.717) is 55.6 Å². The molecule has 0 spiro atoms. The predicted octanol–water partition coefficient (Wildman–Crippen LogP) is 4.97. The van der Waals surface area contributed by atoms with E-state index in [-0.39, 0.29) is 54.9 Å². The Labute approximate surface area is 420 Å². The van der Waals surface area contributed by atoms with E-state index in [9.17, 15) is 38.7 Å². The number of carbonyl (C=O) groups is 7. The maximum atomic E-state index is 14.5. The lowest BCUT2D eigenvalue weighted by Crippen LogP contribution is -2.60. The van der Waals surface area contributed by atoms with E-state index >= 15 is 0 Å². The molecule has 1 aliphatic heterocycles. The van der Waals surface area contributed by atoms with Crippen molar-refractivity contribution in [1.82, 2.24) is 30.7 Å². The standard InChI is InChI=1S/C52H82N8O11/c1-31(2)43(57-49(65)45(33(5)6)59(10)52(68)71-30-36-23-25-38(26-24-36)56-41(61)22-16-17-27-54-51(53)67)50(66)58(9)44(32(3)4)40(69-11)29-42(62)60-28-18-21-39(60)47(70-12)34(7)48(64)55-35(8)46(63)37-19-14-13-15-20-37/h13-15,19-20,23-26,31-35,39-40,43-47,63H,16-18,21-22,27-30H2,1-12H3,(H,55,64)(H,56,61)(H,57,65)(H3,53,54,67)/t34-,35-,39+,40-,43+,44+,45+,46-,47-/m1/s1. The van der Waals surface area contributed by atoms with Crippen molar-refractivity contribution >= 4 is 47.3 Å². The molecule has 8 amide bonds. The summed E-state index contributed by atoms with van der Waals surface area (Å²) in [5.41, 5.74) is 6.95. The highest BCUT2D eigenvalue weighted by Gasteiger charge is 2.43. The molecule has 1 saturated heterocycles. The number of hydrogen-bond donors (Lipinski definition) is 6. The molecule has 0 aromatic heterocycles. The number of amides is 8. The van der Waals surface area contributed by atoms with Gasteiger partial charge in [-0.2, -0.15) is 0 Å². The number of carbonyl (C=O) groups excluding carboxylic acids is 7. The van der Waals surface area contributed by atoms with E-state index in [4.69, 9.17) is 19.9 Å². The Morgan fingerprint density at radius 1 is 0.803 bits per heavy atom. The van der Waals surface area contributed by atoms with E-state index < -0.39 is 78.4 Å². The third-order valence-electron chi connectivity index (χ3n) is 13.3. The zero-order valence-electron chi connectivity index (χ0n) is 43.9. The van der Waals surface area contributed by atoms with Crippen molar-refractivity contribution in [3.8, 4) is 0 Å². The monoisotopic (exact) mass is 995 g/mol. The Hall–Kier alpha value is -5.79. The summed E-state index contributed by atoms with van der Waals surface area (Å²) < 4.78 is 17.5. The van der Waals surface area contributed by atoms with Crippen LogP contribution in [0.1, 0.15) is 111 Å². The first-order valence-electron chi connectivity index (χ1n) is 24.8. The largest absolute Gasteiger partial charge is 0.445 e. The summed E-state index contributed by atoms with van der Waals surface area (Å²) in [6.07, 6.45) is -0.340. The van der Waals surface area contributed by atoms with Crippen LogP contribution in [0.5, 0.6) is 0 Å². The molecule has 1 heterocycles. The minimum Gasteiger partial charge on any atom is -0.445 e. The van der Waals surface area contributed by atoms with Crippen molar-refractivity contribution in [2.45, 2.75) is 149 Å². The number of likely N-dealkylation sites (N-methyl/N-ethyl adjacent to an activating group) is 2. The van der Waals surface area contributed by atoms with E-state index in [1.165, 1.54) is 26.2 Å². The number of nitrogens with zero attached hydrogens (tertiary/aromatic N) is 3. The minimum atomic E-state index is -1.00. The van der Waals surface area contributed by atoms with Crippen molar-refractivity contribution in [1.29, 1.82) is 0 Å². The average Bonchev–Trinajstić information content (AvgIpc) is 3.81. The highest BCUT2D eigenvalue weighted by Crippen LogP contribution is 2.30. The number of urea groups is 1. The molecular weight excluding hydrogens is 913 g/mol. The second-order valence-electron chi connectivity index (χ2n) is 19.7. The average molecular weight is 995 g/mol. The fourth-order valence-electron chi connectivity index (χ4n) is 9.35. The number of nitrogens with two attached hydrogens (primary N) is 1. The van der Waals surface area contributed by atoms with E-state index in [0.717, 1.165) is 0 Å². The molecule has 2 aromatic rings. The van der Waals surface area contributed by atoms with E-state index in [2.05, 4.69) is 21.3 Å². The van der Waals surface area contributed by atoms with Crippen LogP contribution in [0.25, 0.3) is 0 Å². The maximum absolute atomic E-state index is 14.5. The SMILES string of the molecule is CO[C@H]([C@@H](C)C(=O)N[C@H](C)[C@@H](O)c1ccccc1)[C@@H]1CCCN1C(=O)C[C@@H](OC)[C@H](C(C)C)N(C)C(=O)[C@@H](NC(=O)[C@H](C(C)C)N(C)C(=O)OCc1ccc(NC(=O)CCCCNC(N)=O)cc1)C(C)C. The number of primary amides is 1. The summed E-state index contributed by atoms with van der Waals surface area (Å²) >= 11 is 0. The first-order chi connectivity index (χ1) is 33.5. The van der Waals surface area contributed by atoms with Crippen molar-refractivity contribution in [2.24, 2.45) is 29.4 Å². The van der Waals surface area contributed by atoms with Gasteiger partial charge in [-0.25, -0.2) is 9.59 Å². The number of methoxy groups -OCH3 is 2. The Balaban J connectivity index is 1.65. The van der Waals surface area contributed by atoms with Gasteiger partial charge in [0, 0.05) is 53.5 Å². The molecule has 1 fully saturated rings. The summed E-state index contributed by atoms with van der Waals surface area (Å²) in [6, 6.07) is 11.7. The van der Waals surface area contributed by atoms with Crippen molar-refractivity contribution in [3.63, 3.8) is 0 Å². The molecule has 1 aliphatic rings. The summed E-state index contributed by atoms with van der Waals surface area (Å²) in [4.78, 5) is 97.5. The van der Waals surface area contributed by atoms with Gasteiger partial charge in [0.05, 0.1) is 48.8 Å². The zero-order chi connectivity index (χ0) is 53.1. The lowest BCUT2D eigenvalue weighted by molar-refractivity contribution is -0.147. The molecular formula is C52H82N8O11. The van der Waals surface area contributed by atoms with Gasteiger partial charge in [0.25, 0.3) is 0 Å². The number of aliphatic hydroxyl groups excluding tert-OH is 1. The van der Waals surface area contributed by atoms with Crippen LogP contribution in [-0.2, 0) is 44.8 Å². The first-order valence-corrected chi connectivity index (χ1v) is 24.8. The van der Waals surface area contributed by atoms with Gasteiger partial charge >= 0.3 is 12.1 Å². The van der Waals surface area contributed by atoms with Crippen LogP contribution in [0.3, 0.4) is 0 Å². The molecule has 0 aliphatic carbocycles. The first kappa shape index (κ1) is 59.5. The van der Waals surface area contributed by atoms with Gasteiger partial charge in [-0.05, 0) is 73.6 Å². The number of hydrogen-bond acceptors (Lipinski definition) is 11. The fourth-order valence-corrected chi connectivity index (χ4v) is 9.35. The molecule has 0 radical (unpaired) electrons. The second kappa shape index (κ2) is 28.9. The van der Waals surface area contributed by atoms with Crippen LogP contribution in [-0.4, -0.2) is 145 Å². The molecule has 7 N–H and O–H groups in total. The molecule has 19 nitrogen and oxygen atoms in total. The quantitative estimate of drug-likeness (QED) is 0.0653. The molecule has 0 unspecified atom stereocenters. The van der Waals surface area contributed by atoms with Crippen LogP contribution in [0.15, 0.2) is 54.6 Å².